The van der Waals surface area contributed by atoms with Gasteiger partial charge in [-0.15, -0.1) is 0 Å². The van der Waals surface area contributed by atoms with E-state index in [0.29, 0.717) is 62.6 Å². The minimum absolute atomic E-state index is 0.0133. The second-order valence-corrected chi connectivity index (χ2v) is 12.9. The van der Waals surface area contributed by atoms with Gasteiger partial charge in [-0.2, -0.15) is 0 Å². The Morgan fingerprint density at radius 3 is 2.30 bits per heavy atom. The Balaban J connectivity index is 2.32. The van der Waals surface area contributed by atoms with Crippen molar-refractivity contribution in [3.05, 3.63) is 23.8 Å². The van der Waals surface area contributed by atoms with Gasteiger partial charge >= 0.3 is 6.09 Å². The molecule has 1 aromatic carbocycles. The maximum atomic E-state index is 14.0. The quantitative estimate of drug-likeness (QED) is 0.264. The zero-order valence-corrected chi connectivity index (χ0v) is 28.7. The Kier molecular flexibility index (Phi) is 14.7. The molecule has 0 aliphatic carbocycles. The van der Waals surface area contributed by atoms with E-state index in [0.717, 1.165) is 6.54 Å². The molecule has 2 atom stereocenters. The lowest BCUT2D eigenvalue weighted by atomic mass is 9.93. The van der Waals surface area contributed by atoms with Crippen LogP contribution in [-0.2, 0) is 14.3 Å². The minimum atomic E-state index is -0.698. The molecule has 2 rings (SSSR count). The van der Waals surface area contributed by atoms with Crippen LogP contribution in [0.1, 0.15) is 77.6 Å². The van der Waals surface area contributed by atoms with E-state index in [1.807, 2.05) is 70.3 Å². The molecule has 1 aliphatic heterocycles. The molecule has 0 saturated carbocycles. The third-order valence-electron chi connectivity index (χ3n) is 7.62. The molecule has 44 heavy (non-hydrogen) atoms. The van der Waals surface area contributed by atoms with Crippen LogP contribution in [0.15, 0.2) is 18.2 Å². The molecule has 1 fully saturated rings. The number of carbonyl (C=O) groups is 3. The molecular formula is C33H56N4O7. The molecule has 0 radical (unpaired) electrons. The summed E-state index contributed by atoms with van der Waals surface area (Å²) in [4.78, 5) is 48.3. The van der Waals surface area contributed by atoms with Gasteiger partial charge in [0, 0.05) is 70.4 Å². The van der Waals surface area contributed by atoms with Crippen molar-refractivity contribution in [3.63, 3.8) is 0 Å². The van der Waals surface area contributed by atoms with Crippen molar-refractivity contribution < 1.29 is 33.3 Å². The van der Waals surface area contributed by atoms with E-state index in [1.54, 1.807) is 37.3 Å². The summed E-state index contributed by atoms with van der Waals surface area (Å²) in [5, 5.41) is 0. The van der Waals surface area contributed by atoms with E-state index >= 15 is 0 Å². The molecule has 0 aromatic heterocycles. The summed E-state index contributed by atoms with van der Waals surface area (Å²) in [6.45, 7) is 14.7. The van der Waals surface area contributed by atoms with Crippen LogP contribution >= 0.6 is 0 Å². The largest absolute Gasteiger partial charge is 0.493 e. The number of likely N-dealkylation sites (N-methyl/N-ethyl adjacent to an activating group) is 2. The molecule has 0 bridgehead atoms. The van der Waals surface area contributed by atoms with Crippen molar-refractivity contribution in [2.75, 3.05) is 67.7 Å². The van der Waals surface area contributed by atoms with Gasteiger partial charge in [0.15, 0.2) is 11.5 Å². The Bertz CT molecular complexity index is 1070. The van der Waals surface area contributed by atoms with Crippen LogP contribution in [0.25, 0.3) is 0 Å². The number of rotatable bonds is 15. The molecule has 1 unspecified atom stereocenters. The van der Waals surface area contributed by atoms with Crippen LogP contribution in [0, 0.1) is 0 Å². The first-order valence-corrected chi connectivity index (χ1v) is 15.8. The first kappa shape index (κ1) is 37.1. The smallest absolute Gasteiger partial charge is 0.410 e. The van der Waals surface area contributed by atoms with Gasteiger partial charge in [-0.25, -0.2) is 4.79 Å². The minimum Gasteiger partial charge on any atom is -0.493 e. The number of carbonyl (C=O) groups excluding carboxylic acids is 3. The SMILES string of the molecule is CCN(CCN(C)C)C(=O)C[C@@H]1CCC(N(C(=O)c2ccc(OC)c(OCCCOC)c2)C(C)C)CN1C(=O)OC(C)(C)C. The highest BCUT2D eigenvalue weighted by atomic mass is 16.6. The normalized spacial score (nSPS) is 17.0. The number of hydrogen-bond donors (Lipinski definition) is 0. The van der Waals surface area contributed by atoms with Crippen molar-refractivity contribution in [1.82, 2.24) is 19.6 Å². The number of ether oxygens (including phenoxy) is 4. The van der Waals surface area contributed by atoms with Gasteiger partial charge < -0.3 is 38.5 Å². The summed E-state index contributed by atoms with van der Waals surface area (Å²) in [6.07, 6.45) is 1.68. The Hall–Kier alpha value is -3.05. The van der Waals surface area contributed by atoms with Crippen LogP contribution < -0.4 is 9.47 Å². The van der Waals surface area contributed by atoms with Crippen molar-refractivity contribution in [1.29, 1.82) is 0 Å². The fourth-order valence-electron chi connectivity index (χ4n) is 5.38. The van der Waals surface area contributed by atoms with Crippen molar-refractivity contribution >= 4 is 17.9 Å². The summed E-state index contributed by atoms with van der Waals surface area (Å²) in [5.74, 6) is 0.891. The summed E-state index contributed by atoms with van der Waals surface area (Å²) >= 11 is 0. The Morgan fingerprint density at radius 1 is 1.02 bits per heavy atom. The van der Waals surface area contributed by atoms with Crippen molar-refractivity contribution in [2.45, 2.75) is 91.0 Å². The molecule has 11 heteroatoms. The molecule has 0 N–H and O–H groups in total. The molecule has 1 saturated heterocycles. The van der Waals surface area contributed by atoms with Gasteiger partial charge in [-0.1, -0.05) is 0 Å². The predicted octanol–water partition coefficient (Wildman–Crippen LogP) is 4.53. The number of likely N-dealkylation sites (tertiary alicyclic amines) is 1. The standard InChI is InChI=1S/C33H56N4O7/c1-11-35(18-17-34(7)8)30(38)22-26-14-15-27(23-36(26)32(40)44-33(4,5)6)37(24(2)3)31(39)25-13-16-28(42-10)29(21-25)43-20-12-19-41-9/h13,16,21,24,26-27H,11-12,14-15,17-20,22-23H2,1-10H3/t26-,27?/m0/s1. The number of benzene rings is 1. The number of piperidine rings is 1. The second-order valence-electron chi connectivity index (χ2n) is 12.9. The molecule has 1 aliphatic rings. The van der Waals surface area contributed by atoms with Gasteiger partial charge in [-0.05, 0) is 86.7 Å². The summed E-state index contributed by atoms with van der Waals surface area (Å²) < 4.78 is 22.3. The lowest BCUT2D eigenvalue weighted by Gasteiger charge is -2.45. The van der Waals surface area contributed by atoms with Crippen LogP contribution in [0.5, 0.6) is 11.5 Å². The zero-order valence-electron chi connectivity index (χ0n) is 28.7. The number of hydrogen-bond acceptors (Lipinski definition) is 8. The van der Waals surface area contributed by atoms with Crippen LogP contribution in [0.4, 0.5) is 4.79 Å². The molecule has 1 aromatic rings. The van der Waals surface area contributed by atoms with Gasteiger partial charge in [0.2, 0.25) is 5.91 Å². The lowest BCUT2D eigenvalue weighted by Crippen LogP contribution is -2.58. The van der Waals surface area contributed by atoms with E-state index < -0.39 is 11.7 Å². The van der Waals surface area contributed by atoms with E-state index in [1.165, 1.54) is 0 Å². The average molecular weight is 621 g/mol. The molecule has 11 nitrogen and oxygen atoms in total. The zero-order chi connectivity index (χ0) is 33.0. The van der Waals surface area contributed by atoms with Crippen molar-refractivity contribution in [2.24, 2.45) is 0 Å². The molecule has 1 heterocycles. The van der Waals surface area contributed by atoms with Crippen molar-refractivity contribution in [3.8, 4) is 11.5 Å². The van der Waals surface area contributed by atoms with E-state index in [-0.39, 0.29) is 42.9 Å². The Labute approximate surface area is 264 Å². The highest BCUT2D eigenvalue weighted by molar-refractivity contribution is 5.95. The average Bonchev–Trinajstić information content (AvgIpc) is 2.95. The fourth-order valence-corrected chi connectivity index (χ4v) is 5.38. The third-order valence-corrected chi connectivity index (χ3v) is 7.62. The monoisotopic (exact) mass is 620 g/mol. The Morgan fingerprint density at radius 2 is 1.73 bits per heavy atom. The highest BCUT2D eigenvalue weighted by Crippen LogP contribution is 2.32. The molecular weight excluding hydrogens is 564 g/mol. The topological polar surface area (TPSA) is 101 Å². The summed E-state index contributed by atoms with van der Waals surface area (Å²) in [7, 11) is 7.17. The second kappa shape index (κ2) is 17.4. The first-order chi connectivity index (χ1) is 20.7. The van der Waals surface area contributed by atoms with E-state index in [4.69, 9.17) is 18.9 Å². The summed E-state index contributed by atoms with van der Waals surface area (Å²) in [5.41, 5.74) is -0.224. The third kappa shape index (κ3) is 11.1. The summed E-state index contributed by atoms with van der Waals surface area (Å²) in [6, 6.07) is 4.47. The van der Waals surface area contributed by atoms with Gasteiger partial charge in [0.05, 0.1) is 19.8 Å². The predicted molar refractivity (Wildman–Crippen MR) is 171 cm³/mol. The van der Waals surface area contributed by atoms with Gasteiger partial charge in [0.25, 0.3) is 5.91 Å². The number of nitrogens with zero attached hydrogens (tertiary/aromatic N) is 4. The van der Waals surface area contributed by atoms with Crippen LogP contribution in [-0.4, -0.2) is 129 Å². The fraction of sp³-hybridized carbons (Fsp3) is 0.727. The maximum absolute atomic E-state index is 14.0. The van der Waals surface area contributed by atoms with E-state index in [2.05, 4.69) is 0 Å². The molecule has 0 spiro atoms. The number of amides is 3. The maximum Gasteiger partial charge on any atom is 0.410 e. The van der Waals surface area contributed by atoms with Crippen LogP contribution in [0.2, 0.25) is 0 Å². The van der Waals surface area contributed by atoms with Gasteiger partial charge in [0.1, 0.15) is 5.60 Å². The molecule has 3 amide bonds. The first-order valence-electron chi connectivity index (χ1n) is 15.8. The lowest BCUT2D eigenvalue weighted by molar-refractivity contribution is -0.132. The van der Waals surface area contributed by atoms with E-state index in [9.17, 15) is 14.4 Å². The number of methoxy groups -OCH3 is 2. The highest BCUT2D eigenvalue weighted by Gasteiger charge is 2.40. The molecule has 250 valence electrons. The van der Waals surface area contributed by atoms with Gasteiger partial charge in [-0.3, -0.25) is 9.59 Å². The van der Waals surface area contributed by atoms with Crippen LogP contribution in [0.3, 0.4) is 0 Å².